The van der Waals surface area contributed by atoms with Crippen LogP contribution in [0.3, 0.4) is 0 Å². The van der Waals surface area contributed by atoms with Gasteiger partial charge in [0.05, 0.1) is 5.69 Å². The Kier molecular flexibility index (Phi) is 8.02. The minimum Gasteiger partial charge on any atom is -0.385 e. The number of unbranched alkanes of at least 4 members (excludes halogenated alkanes) is 1. The first-order valence-electron chi connectivity index (χ1n) is 7.50. The SMILES string of the molecule is CC.CNc1c(N(C)CCCCC(C)(C)C)c(=O)c1=S. The average Bonchev–Trinajstić information content (AvgIpc) is 2.40. The van der Waals surface area contributed by atoms with E-state index in [-0.39, 0.29) is 5.43 Å². The molecule has 3 nitrogen and oxygen atoms in total. The van der Waals surface area contributed by atoms with Crippen LogP contribution in [0.4, 0.5) is 11.4 Å². The Hall–Kier alpha value is -0.900. The van der Waals surface area contributed by atoms with Gasteiger partial charge in [-0.15, -0.1) is 0 Å². The van der Waals surface area contributed by atoms with Gasteiger partial charge >= 0.3 is 0 Å². The number of nitrogens with one attached hydrogen (secondary N) is 1. The van der Waals surface area contributed by atoms with Gasteiger partial charge in [0.15, 0.2) is 0 Å². The average molecular weight is 298 g/mol. The third-order valence-corrected chi connectivity index (χ3v) is 3.58. The summed E-state index contributed by atoms with van der Waals surface area (Å²) < 4.78 is 0.439. The van der Waals surface area contributed by atoms with E-state index in [1.54, 1.807) is 0 Å². The number of anilines is 2. The van der Waals surface area contributed by atoms with Crippen molar-refractivity contribution in [3.05, 3.63) is 14.7 Å². The second-order valence-electron chi connectivity index (χ2n) is 6.07. The smallest absolute Gasteiger partial charge is 0.224 e. The highest BCUT2D eigenvalue weighted by Gasteiger charge is 2.19. The molecule has 1 rings (SSSR count). The minimum atomic E-state index is 0.00710. The summed E-state index contributed by atoms with van der Waals surface area (Å²) in [6, 6.07) is 0. The third kappa shape index (κ3) is 5.23. The maximum Gasteiger partial charge on any atom is 0.224 e. The highest BCUT2D eigenvalue weighted by atomic mass is 32.1. The van der Waals surface area contributed by atoms with Gasteiger partial charge < -0.3 is 10.2 Å². The number of nitrogens with zero attached hydrogens (tertiary/aromatic N) is 1. The number of rotatable bonds is 6. The lowest BCUT2D eigenvalue weighted by molar-refractivity contribution is 0.361. The minimum absolute atomic E-state index is 0.00710. The molecular weight excluding hydrogens is 268 g/mol. The zero-order valence-corrected chi connectivity index (χ0v) is 14.9. The van der Waals surface area contributed by atoms with Crippen LogP contribution in [0.1, 0.15) is 53.9 Å². The van der Waals surface area contributed by atoms with Crippen molar-refractivity contribution in [1.29, 1.82) is 0 Å². The molecule has 1 aromatic carbocycles. The molecule has 0 aliphatic heterocycles. The maximum atomic E-state index is 11.7. The zero-order valence-electron chi connectivity index (χ0n) is 14.1. The Morgan fingerprint density at radius 3 is 2.20 bits per heavy atom. The van der Waals surface area contributed by atoms with Gasteiger partial charge in [-0.1, -0.05) is 53.3 Å². The van der Waals surface area contributed by atoms with Gasteiger partial charge in [-0.25, -0.2) is 0 Å². The normalized spacial score (nSPS) is 10.9. The lowest BCUT2D eigenvalue weighted by atomic mass is 9.90. The molecule has 0 spiro atoms. The van der Waals surface area contributed by atoms with Crippen molar-refractivity contribution in [2.75, 3.05) is 30.9 Å². The van der Waals surface area contributed by atoms with Gasteiger partial charge in [0, 0.05) is 20.6 Å². The van der Waals surface area contributed by atoms with Crippen LogP contribution in [0.5, 0.6) is 0 Å². The molecule has 20 heavy (non-hydrogen) atoms. The standard InChI is InChI=1S/C14H24N2OS.C2H6/c1-14(2,3)8-6-7-9-16(5)11-10(15-4)13(18)12(11)17;1-2/h15H,6-9H2,1-5H3;1-2H3. The molecule has 1 aromatic rings. The number of hydrogen-bond acceptors (Lipinski definition) is 4. The molecule has 0 saturated carbocycles. The highest BCUT2D eigenvalue weighted by Crippen LogP contribution is 2.26. The van der Waals surface area contributed by atoms with Crippen molar-refractivity contribution in [3.63, 3.8) is 0 Å². The van der Waals surface area contributed by atoms with Gasteiger partial charge in [-0.2, -0.15) is 0 Å². The van der Waals surface area contributed by atoms with Crippen molar-refractivity contribution < 1.29 is 0 Å². The second-order valence-corrected chi connectivity index (χ2v) is 6.48. The van der Waals surface area contributed by atoms with Crippen LogP contribution < -0.4 is 15.6 Å². The van der Waals surface area contributed by atoms with Crippen LogP contribution in [0.2, 0.25) is 0 Å². The van der Waals surface area contributed by atoms with Crippen molar-refractivity contribution in [2.24, 2.45) is 5.41 Å². The van der Waals surface area contributed by atoms with Gasteiger partial charge in [0.1, 0.15) is 10.2 Å². The lowest BCUT2D eigenvalue weighted by Gasteiger charge is -2.24. The van der Waals surface area contributed by atoms with Gasteiger partial charge in [-0.05, 0) is 18.3 Å². The van der Waals surface area contributed by atoms with Gasteiger partial charge in [-0.3, -0.25) is 4.79 Å². The van der Waals surface area contributed by atoms with Crippen LogP contribution in [0, 0.1) is 9.93 Å². The number of hydrogen-bond donors (Lipinski definition) is 1. The molecule has 116 valence electrons. The fourth-order valence-electron chi connectivity index (χ4n) is 2.09. The van der Waals surface area contributed by atoms with Crippen molar-refractivity contribution in [1.82, 2.24) is 0 Å². The van der Waals surface area contributed by atoms with Gasteiger partial charge in [0.25, 0.3) is 0 Å². The Labute approximate surface area is 129 Å². The molecule has 0 bridgehead atoms. The summed E-state index contributed by atoms with van der Waals surface area (Å²) in [5, 5.41) is 3.00. The molecule has 1 N–H and O–H groups in total. The molecular formula is C16H30N2OS. The van der Waals surface area contributed by atoms with Crippen LogP contribution in [-0.4, -0.2) is 20.6 Å². The van der Waals surface area contributed by atoms with Crippen LogP contribution in [-0.2, 0) is 0 Å². The van der Waals surface area contributed by atoms with E-state index in [1.807, 2.05) is 32.8 Å². The van der Waals surface area contributed by atoms with Gasteiger partial charge in [0.2, 0.25) is 5.43 Å². The lowest BCUT2D eigenvalue weighted by Crippen LogP contribution is -2.30. The van der Waals surface area contributed by atoms with E-state index in [2.05, 4.69) is 26.1 Å². The van der Waals surface area contributed by atoms with E-state index in [0.717, 1.165) is 24.3 Å². The second kappa shape index (κ2) is 8.40. The van der Waals surface area contributed by atoms with Crippen LogP contribution >= 0.6 is 12.2 Å². The molecule has 0 aliphatic carbocycles. The molecule has 0 aliphatic rings. The summed E-state index contributed by atoms with van der Waals surface area (Å²) >= 11 is 5.01. The molecule has 4 heteroatoms. The molecule has 0 unspecified atom stereocenters. The van der Waals surface area contributed by atoms with Crippen LogP contribution in [0.15, 0.2) is 4.79 Å². The summed E-state index contributed by atoms with van der Waals surface area (Å²) in [4.78, 5) is 13.7. The predicted molar refractivity (Wildman–Crippen MR) is 93.4 cm³/mol. The van der Waals surface area contributed by atoms with E-state index in [1.165, 1.54) is 12.8 Å². The van der Waals surface area contributed by atoms with Crippen molar-refractivity contribution >= 4 is 23.6 Å². The highest BCUT2D eigenvalue weighted by molar-refractivity contribution is 7.71. The Morgan fingerprint density at radius 1 is 1.20 bits per heavy atom. The third-order valence-electron chi connectivity index (χ3n) is 3.19. The molecule has 0 atom stereocenters. The predicted octanol–water partition coefficient (Wildman–Crippen LogP) is 4.37. The Morgan fingerprint density at radius 2 is 1.75 bits per heavy atom. The van der Waals surface area contributed by atoms with E-state index in [4.69, 9.17) is 12.2 Å². The molecule has 0 radical (unpaired) electrons. The first kappa shape index (κ1) is 19.1. The van der Waals surface area contributed by atoms with E-state index in [0.29, 0.717) is 9.93 Å². The molecule has 0 aromatic heterocycles. The summed E-state index contributed by atoms with van der Waals surface area (Å²) in [6.45, 7) is 11.7. The Bertz CT molecular complexity index is 467. The monoisotopic (exact) mass is 298 g/mol. The van der Waals surface area contributed by atoms with Crippen LogP contribution in [0.25, 0.3) is 0 Å². The summed E-state index contributed by atoms with van der Waals surface area (Å²) in [6.07, 6.45) is 3.51. The largest absolute Gasteiger partial charge is 0.385 e. The first-order chi connectivity index (χ1) is 9.28. The molecule has 0 saturated heterocycles. The topological polar surface area (TPSA) is 32.3 Å². The summed E-state index contributed by atoms with van der Waals surface area (Å²) in [5.74, 6) is 0. The van der Waals surface area contributed by atoms with Crippen molar-refractivity contribution in [3.8, 4) is 0 Å². The van der Waals surface area contributed by atoms with E-state index < -0.39 is 0 Å². The van der Waals surface area contributed by atoms with Crippen molar-refractivity contribution in [2.45, 2.75) is 53.9 Å². The summed E-state index contributed by atoms with van der Waals surface area (Å²) in [7, 11) is 3.77. The molecule has 0 fully saturated rings. The van der Waals surface area contributed by atoms with E-state index >= 15 is 0 Å². The Balaban J connectivity index is 0.00000172. The molecule has 0 heterocycles. The fourth-order valence-corrected chi connectivity index (χ4v) is 2.39. The molecule has 0 amide bonds. The quantitative estimate of drug-likeness (QED) is 0.624. The maximum absolute atomic E-state index is 11.7. The van der Waals surface area contributed by atoms with E-state index in [9.17, 15) is 4.79 Å². The first-order valence-corrected chi connectivity index (χ1v) is 7.91. The zero-order chi connectivity index (χ0) is 15.9. The fraction of sp³-hybridized carbons (Fsp3) is 0.750. The summed E-state index contributed by atoms with van der Waals surface area (Å²) in [5.41, 5.74) is 1.97.